The monoisotopic (exact) mass is 256 g/mol. The SMILES string of the molecule is CCC(O)C1CC(NCC(C)C)CN(C(C)C)C1. The van der Waals surface area contributed by atoms with Gasteiger partial charge in [0.05, 0.1) is 6.10 Å². The van der Waals surface area contributed by atoms with Crippen molar-refractivity contribution in [3.63, 3.8) is 0 Å². The van der Waals surface area contributed by atoms with Crippen molar-refractivity contribution in [2.24, 2.45) is 11.8 Å². The van der Waals surface area contributed by atoms with E-state index >= 15 is 0 Å². The molecule has 0 aromatic rings. The maximum Gasteiger partial charge on any atom is 0.0578 e. The summed E-state index contributed by atoms with van der Waals surface area (Å²) in [6.07, 6.45) is 1.84. The van der Waals surface area contributed by atoms with Crippen molar-refractivity contribution in [1.29, 1.82) is 0 Å². The zero-order chi connectivity index (χ0) is 13.7. The quantitative estimate of drug-likeness (QED) is 0.764. The summed E-state index contributed by atoms with van der Waals surface area (Å²) in [6.45, 7) is 14.3. The van der Waals surface area contributed by atoms with Gasteiger partial charge in [-0.1, -0.05) is 20.8 Å². The van der Waals surface area contributed by atoms with Crippen molar-refractivity contribution in [2.45, 2.75) is 65.6 Å². The molecule has 0 saturated carbocycles. The molecule has 0 aromatic carbocycles. The fourth-order valence-electron chi connectivity index (χ4n) is 2.76. The summed E-state index contributed by atoms with van der Waals surface area (Å²) in [4.78, 5) is 2.50. The Morgan fingerprint density at radius 2 is 1.89 bits per heavy atom. The molecule has 1 aliphatic heterocycles. The molecule has 1 rings (SSSR count). The van der Waals surface area contributed by atoms with Gasteiger partial charge in [0.2, 0.25) is 0 Å². The molecule has 0 radical (unpaired) electrons. The van der Waals surface area contributed by atoms with Crippen LogP contribution in [0.25, 0.3) is 0 Å². The smallest absolute Gasteiger partial charge is 0.0578 e. The first-order valence-electron chi connectivity index (χ1n) is 7.59. The number of hydrogen-bond donors (Lipinski definition) is 2. The van der Waals surface area contributed by atoms with Gasteiger partial charge in [-0.25, -0.2) is 0 Å². The predicted octanol–water partition coefficient (Wildman–Crippen LogP) is 2.10. The minimum atomic E-state index is -0.144. The van der Waals surface area contributed by atoms with E-state index in [9.17, 15) is 5.11 Å². The van der Waals surface area contributed by atoms with Gasteiger partial charge in [-0.05, 0) is 45.1 Å². The van der Waals surface area contributed by atoms with Crippen LogP contribution in [0.3, 0.4) is 0 Å². The Labute approximate surface area is 113 Å². The second-order valence-corrected chi connectivity index (χ2v) is 6.52. The second kappa shape index (κ2) is 7.46. The van der Waals surface area contributed by atoms with Crippen LogP contribution in [0.5, 0.6) is 0 Å². The van der Waals surface area contributed by atoms with Gasteiger partial charge in [0.25, 0.3) is 0 Å². The lowest BCUT2D eigenvalue weighted by Crippen LogP contribution is -2.54. The Balaban J connectivity index is 2.56. The summed E-state index contributed by atoms with van der Waals surface area (Å²) in [7, 11) is 0. The standard InChI is InChI=1S/C15H32N2O/c1-6-15(18)13-7-14(16-8-11(2)3)10-17(9-13)12(4)5/h11-16,18H,6-10H2,1-5H3. The van der Waals surface area contributed by atoms with E-state index in [2.05, 4.69) is 44.8 Å². The molecule has 2 N–H and O–H groups in total. The largest absolute Gasteiger partial charge is 0.393 e. The van der Waals surface area contributed by atoms with Crippen LogP contribution in [0.4, 0.5) is 0 Å². The van der Waals surface area contributed by atoms with E-state index in [1.807, 2.05) is 0 Å². The minimum absolute atomic E-state index is 0.144. The van der Waals surface area contributed by atoms with E-state index < -0.39 is 0 Å². The summed E-state index contributed by atoms with van der Waals surface area (Å²) < 4.78 is 0. The Hall–Kier alpha value is -0.120. The number of piperidine rings is 1. The van der Waals surface area contributed by atoms with Crippen LogP contribution >= 0.6 is 0 Å². The molecule has 1 heterocycles. The molecule has 1 fully saturated rings. The van der Waals surface area contributed by atoms with E-state index in [0.717, 1.165) is 32.5 Å². The van der Waals surface area contributed by atoms with Crippen LogP contribution in [0.1, 0.15) is 47.5 Å². The fourth-order valence-corrected chi connectivity index (χ4v) is 2.76. The van der Waals surface area contributed by atoms with Gasteiger partial charge in [0, 0.05) is 25.2 Å². The summed E-state index contributed by atoms with van der Waals surface area (Å²) in [6, 6.07) is 1.11. The third kappa shape index (κ3) is 4.87. The number of nitrogens with one attached hydrogen (secondary N) is 1. The van der Waals surface area contributed by atoms with Gasteiger partial charge in [-0.2, -0.15) is 0 Å². The molecule has 108 valence electrons. The van der Waals surface area contributed by atoms with E-state index in [1.165, 1.54) is 0 Å². The fraction of sp³-hybridized carbons (Fsp3) is 1.00. The maximum atomic E-state index is 10.1. The highest BCUT2D eigenvalue weighted by Gasteiger charge is 2.31. The molecule has 3 unspecified atom stereocenters. The molecule has 3 nitrogen and oxygen atoms in total. The number of rotatable bonds is 6. The topological polar surface area (TPSA) is 35.5 Å². The molecule has 3 heteroatoms. The van der Waals surface area contributed by atoms with Crippen molar-refractivity contribution in [1.82, 2.24) is 10.2 Å². The number of likely N-dealkylation sites (tertiary alicyclic amines) is 1. The first-order valence-corrected chi connectivity index (χ1v) is 7.59. The maximum absolute atomic E-state index is 10.1. The molecule has 3 atom stereocenters. The molecule has 18 heavy (non-hydrogen) atoms. The first kappa shape index (κ1) is 15.9. The predicted molar refractivity (Wildman–Crippen MR) is 77.7 cm³/mol. The summed E-state index contributed by atoms with van der Waals surface area (Å²) in [5.41, 5.74) is 0. The summed E-state index contributed by atoms with van der Waals surface area (Å²) in [5, 5.41) is 13.8. The lowest BCUT2D eigenvalue weighted by Gasteiger charge is -2.42. The molecular formula is C15H32N2O. The summed E-state index contributed by atoms with van der Waals surface area (Å²) in [5.74, 6) is 1.12. The first-order chi connectivity index (χ1) is 8.43. The van der Waals surface area contributed by atoms with Crippen LogP contribution in [-0.4, -0.2) is 47.8 Å². The van der Waals surface area contributed by atoms with Crippen LogP contribution in [0.15, 0.2) is 0 Å². The number of aliphatic hydroxyl groups excluding tert-OH is 1. The molecule has 0 aromatic heterocycles. The van der Waals surface area contributed by atoms with Gasteiger partial charge in [0.15, 0.2) is 0 Å². The number of aliphatic hydroxyl groups is 1. The van der Waals surface area contributed by atoms with E-state index in [1.54, 1.807) is 0 Å². The number of nitrogens with zero attached hydrogens (tertiary/aromatic N) is 1. The zero-order valence-corrected chi connectivity index (χ0v) is 12.8. The summed E-state index contributed by atoms with van der Waals surface area (Å²) >= 11 is 0. The highest BCUT2D eigenvalue weighted by atomic mass is 16.3. The van der Waals surface area contributed by atoms with Crippen molar-refractivity contribution in [3.8, 4) is 0 Å². The van der Waals surface area contributed by atoms with Crippen LogP contribution in [0.2, 0.25) is 0 Å². The Morgan fingerprint density at radius 1 is 1.22 bits per heavy atom. The van der Waals surface area contributed by atoms with Crippen LogP contribution in [-0.2, 0) is 0 Å². The third-order valence-corrected chi connectivity index (χ3v) is 4.02. The lowest BCUT2D eigenvalue weighted by molar-refractivity contribution is 0.0242. The van der Waals surface area contributed by atoms with Crippen molar-refractivity contribution < 1.29 is 5.11 Å². The second-order valence-electron chi connectivity index (χ2n) is 6.52. The third-order valence-electron chi connectivity index (χ3n) is 4.02. The molecule has 0 bridgehead atoms. The highest BCUT2D eigenvalue weighted by molar-refractivity contribution is 4.87. The van der Waals surface area contributed by atoms with Crippen molar-refractivity contribution in [2.75, 3.05) is 19.6 Å². The van der Waals surface area contributed by atoms with Crippen molar-refractivity contribution in [3.05, 3.63) is 0 Å². The normalized spacial score (nSPS) is 28.0. The molecule has 1 aliphatic rings. The lowest BCUT2D eigenvalue weighted by atomic mass is 9.87. The minimum Gasteiger partial charge on any atom is -0.393 e. The molecule has 0 aliphatic carbocycles. The van der Waals surface area contributed by atoms with E-state index in [-0.39, 0.29) is 6.10 Å². The Morgan fingerprint density at radius 3 is 2.39 bits per heavy atom. The molecule has 0 amide bonds. The molecule has 0 spiro atoms. The van der Waals surface area contributed by atoms with Gasteiger partial charge >= 0.3 is 0 Å². The van der Waals surface area contributed by atoms with Gasteiger partial charge in [-0.15, -0.1) is 0 Å². The van der Waals surface area contributed by atoms with Gasteiger partial charge < -0.3 is 10.4 Å². The molecular weight excluding hydrogens is 224 g/mol. The molecule has 1 saturated heterocycles. The van der Waals surface area contributed by atoms with Gasteiger partial charge in [0.1, 0.15) is 0 Å². The van der Waals surface area contributed by atoms with E-state index in [4.69, 9.17) is 0 Å². The van der Waals surface area contributed by atoms with Crippen LogP contribution in [0, 0.1) is 11.8 Å². The average molecular weight is 256 g/mol. The number of hydrogen-bond acceptors (Lipinski definition) is 3. The Kier molecular flexibility index (Phi) is 6.61. The average Bonchev–Trinajstić information content (AvgIpc) is 2.34. The Bertz CT molecular complexity index is 231. The van der Waals surface area contributed by atoms with Gasteiger partial charge in [-0.3, -0.25) is 4.90 Å². The zero-order valence-electron chi connectivity index (χ0n) is 12.8. The van der Waals surface area contributed by atoms with Crippen LogP contribution < -0.4 is 5.32 Å². The highest BCUT2D eigenvalue weighted by Crippen LogP contribution is 2.23. The van der Waals surface area contributed by atoms with E-state index in [0.29, 0.717) is 23.9 Å². The van der Waals surface area contributed by atoms with Crippen molar-refractivity contribution >= 4 is 0 Å².